The van der Waals surface area contributed by atoms with Gasteiger partial charge in [0.05, 0.1) is 25.4 Å². The Morgan fingerprint density at radius 1 is 0.476 bits per heavy atom. The summed E-state index contributed by atoms with van der Waals surface area (Å²) in [6, 6.07) is -1.03. The summed E-state index contributed by atoms with van der Waals surface area (Å²) in [4.78, 5) is 26.6. The van der Waals surface area contributed by atoms with Gasteiger partial charge in [-0.25, -0.2) is 0 Å². The number of unbranched alkanes of at least 4 members (excludes halogenated alkanes) is 33. The summed E-state index contributed by atoms with van der Waals surface area (Å²) in [7, 11) is 0. The third kappa shape index (κ3) is 47.0. The first-order valence-electron chi connectivity index (χ1n) is 34.9. The maximum Gasteiger partial charge on any atom is 0.306 e. The van der Waals surface area contributed by atoms with Gasteiger partial charge >= 0.3 is 5.97 Å². The Labute approximate surface area is 514 Å². The van der Waals surface area contributed by atoms with E-state index >= 15 is 0 Å². The lowest BCUT2D eigenvalue weighted by molar-refractivity contribution is -0.305. The SMILES string of the molecule is CC/C=C\C/C=C\C/C=C\C/C=C\C/C=C\CCCCCC(=O)OC1C(OCC(NC(=O)C(O)CCCCCCCCCCCCCCCC/C=C/CCCCCCCC)C(O)/C=C/CCCCCCCCCCCC)OC(CO)C(O)C1O. The molecule has 6 N–H and O–H groups in total. The van der Waals surface area contributed by atoms with Gasteiger partial charge in [0, 0.05) is 6.42 Å². The van der Waals surface area contributed by atoms with E-state index in [4.69, 9.17) is 14.2 Å². The molecular formula is C73H129NO10. The number of aliphatic hydroxyl groups excluding tert-OH is 5. The van der Waals surface area contributed by atoms with Crippen LogP contribution in [0.25, 0.3) is 0 Å². The Bertz CT molecular complexity index is 1690. The van der Waals surface area contributed by atoms with Crippen LogP contribution >= 0.6 is 0 Å². The zero-order valence-corrected chi connectivity index (χ0v) is 54.0. The van der Waals surface area contributed by atoms with Crippen LogP contribution in [0.4, 0.5) is 0 Å². The van der Waals surface area contributed by atoms with Gasteiger partial charge in [0.15, 0.2) is 12.4 Å². The lowest BCUT2D eigenvalue weighted by atomic mass is 9.99. The Morgan fingerprint density at radius 2 is 0.857 bits per heavy atom. The number of aliphatic hydroxyl groups is 5. The van der Waals surface area contributed by atoms with Crippen molar-refractivity contribution in [2.24, 2.45) is 0 Å². The molecule has 0 aromatic heterocycles. The van der Waals surface area contributed by atoms with E-state index in [-0.39, 0.29) is 19.4 Å². The van der Waals surface area contributed by atoms with Gasteiger partial charge in [-0.15, -0.1) is 0 Å². The normalized spacial score (nSPS) is 19.0. The zero-order chi connectivity index (χ0) is 61.0. The second-order valence-corrected chi connectivity index (χ2v) is 23.9. The molecule has 486 valence electrons. The number of amides is 1. The summed E-state index contributed by atoms with van der Waals surface area (Å²) in [5.74, 6) is -1.22. The van der Waals surface area contributed by atoms with Crippen LogP contribution in [0.5, 0.6) is 0 Å². The van der Waals surface area contributed by atoms with E-state index in [9.17, 15) is 35.1 Å². The summed E-state index contributed by atoms with van der Waals surface area (Å²) >= 11 is 0. The molecule has 1 rings (SSSR count). The number of ether oxygens (including phenoxy) is 3. The maximum atomic E-state index is 13.5. The fourth-order valence-electron chi connectivity index (χ4n) is 10.6. The number of rotatable bonds is 59. The molecule has 1 heterocycles. The third-order valence-corrected chi connectivity index (χ3v) is 16.0. The minimum absolute atomic E-state index is 0.0820. The molecule has 8 atom stereocenters. The molecule has 11 heteroatoms. The van der Waals surface area contributed by atoms with Crippen LogP contribution in [0, 0.1) is 0 Å². The second-order valence-electron chi connectivity index (χ2n) is 23.9. The van der Waals surface area contributed by atoms with E-state index in [2.05, 4.69) is 99.0 Å². The third-order valence-electron chi connectivity index (χ3n) is 16.0. The number of nitrogens with one attached hydrogen (secondary N) is 1. The van der Waals surface area contributed by atoms with Crippen LogP contribution in [0.1, 0.15) is 303 Å². The highest BCUT2D eigenvalue weighted by molar-refractivity contribution is 5.80. The molecule has 11 nitrogen and oxygen atoms in total. The first-order valence-corrected chi connectivity index (χ1v) is 34.9. The highest BCUT2D eigenvalue weighted by Gasteiger charge is 2.47. The van der Waals surface area contributed by atoms with Crippen molar-refractivity contribution in [1.29, 1.82) is 0 Å². The summed E-state index contributed by atoms with van der Waals surface area (Å²) < 4.78 is 17.6. The van der Waals surface area contributed by atoms with Gasteiger partial charge in [-0.1, -0.05) is 286 Å². The minimum Gasteiger partial charge on any atom is -0.454 e. The molecule has 0 spiro atoms. The molecule has 0 saturated carbocycles. The highest BCUT2D eigenvalue weighted by Crippen LogP contribution is 2.26. The molecule has 0 radical (unpaired) electrons. The highest BCUT2D eigenvalue weighted by atomic mass is 16.7. The van der Waals surface area contributed by atoms with E-state index in [1.165, 1.54) is 167 Å². The Morgan fingerprint density at radius 3 is 1.30 bits per heavy atom. The van der Waals surface area contributed by atoms with Crippen LogP contribution in [-0.2, 0) is 23.8 Å². The molecule has 0 aliphatic carbocycles. The fraction of sp³-hybridized carbons (Fsp3) is 0.781. The van der Waals surface area contributed by atoms with Crippen molar-refractivity contribution in [3.8, 4) is 0 Å². The first kappa shape index (κ1) is 78.9. The number of allylic oxidation sites excluding steroid dienone is 13. The number of carbonyl (C=O) groups excluding carboxylic acids is 2. The van der Waals surface area contributed by atoms with Crippen molar-refractivity contribution in [3.05, 3.63) is 85.1 Å². The number of hydrogen-bond acceptors (Lipinski definition) is 10. The van der Waals surface area contributed by atoms with Crippen LogP contribution in [-0.4, -0.2) is 99.6 Å². The maximum absolute atomic E-state index is 13.5. The molecule has 0 bridgehead atoms. The van der Waals surface area contributed by atoms with Gasteiger partial charge in [0.1, 0.15) is 24.4 Å². The lowest BCUT2D eigenvalue weighted by Crippen LogP contribution is -2.61. The molecule has 1 fully saturated rings. The van der Waals surface area contributed by atoms with E-state index in [0.29, 0.717) is 12.8 Å². The van der Waals surface area contributed by atoms with Crippen molar-refractivity contribution in [3.63, 3.8) is 0 Å². The van der Waals surface area contributed by atoms with Crippen molar-refractivity contribution in [1.82, 2.24) is 5.32 Å². The monoisotopic (exact) mass is 1180 g/mol. The van der Waals surface area contributed by atoms with E-state index in [0.717, 1.165) is 89.9 Å². The largest absolute Gasteiger partial charge is 0.454 e. The summed E-state index contributed by atoms with van der Waals surface area (Å²) in [5, 5.41) is 57.2. The Kier molecular flexibility index (Phi) is 56.5. The summed E-state index contributed by atoms with van der Waals surface area (Å²) in [6.45, 7) is 5.68. The predicted molar refractivity (Wildman–Crippen MR) is 352 cm³/mol. The summed E-state index contributed by atoms with van der Waals surface area (Å²) in [5.41, 5.74) is 0. The average Bonchev–Trinajstić information content (AvgIpc) is 3.69. The molecule has 1 saturated heterocycles. The first-order chi connectivity index (χ1) is 41.2. The molecule has 1 amide bonds. The number of carbonyl (C=O) groups is 2. The van der Waals surface area contributed by atoms with Crippen molar-refractivity contribution < 1.29 is 49.3 Å². The quantitative estimate of drug-likeness (QED) is 0.0195. The second kappa shape index (κ2) is 60.1. The molecule has 1 aliphatic heterocycles. The number of hydrogen-bond donors (Lipinski definition) is 6. The Hall–Kier alpha value is -3.16. The van der Waals surface area contributed by atoms with Crippen LogP contribution < -0.4 is 5.32 Å². The zero-order valence-electron chi connectivity index (χ0n) is 54.0. The standard InChI is InChI=1S/C73H129NO10/c1-4-7-10-13-16-19-22-25-27-29-31-32-33-34-35-37-38-40-42-45-48-51-54-57-60-66(77)72(81)74-64(65(76)59-56-53-50-47-44-24-21-18-15-12-9-6-3)63-82-73-71(70(80)69(79)67(62-75)83-73)84-68(78)61-58-55-52-49-46-43-41-39-36-30-28-26-23-20-17-14-11-8-5-2/h8,11,17,20,25-28,36,39,43,46,56,59,64-67,69-71,73,75-77,79-80H,4-7,9-10,12-16,18-19,21-24,29-35,37-38,40-42,44-45,47-55,57-58,60-63H2,1-3H3,(H,74,81)/b11-8-,20-17-,27-25+,28-26-,39-36-,46-43-,59-56+. The van der Waals surface area contributed by atoms with Gasteiger partial charge in [0.2, 0.25) is 5.91 Å². The molecule has 8 unspecified atom stereocenters. The van der Waals surface area contributed by atoms with Crippen LogP contribution in [0.2, 0.25) is 0 Å². The molecule has 0 aromatic rings. The van der Waals surface area contributed by atoms with Gasteiger partial charge in [0.25, 0.3) is 0 Å². The van der Waals surface area contributed by atoms with E-state index in [1.807, 2.05) is 6.08 Å². The molecule has 0 aromatic carbocycles. The van der Waals surface area contributed by atoms with E-state index < -0.39 is 67.4 Å². The topological polar surface area (TPSA) is 175 Å². The summed E-state index contributed by atoms with van der Waals surface area (Å²) in [6.07, 6.45) is 69.1. The lowest BCUT2D eigenvalue weighted by Gasteiger charge is -2.41. The average molecular weight is 1180 g/mol. The predicted octanol–water partition coefficient (Wildman–Crippen LogP) is 17.7. The fourth-order valence-corrected chi connectivity index (χ4v) is 10.6. The van der Waals surface area contributed by atoms with Gasteiger partial charge < -0.3 is 45.1 Å². The van der Waals surface area contributed by atoms with Crippen LogP contribution in [0.3, 0.4) is 0 Å². The minimum atomic E-state index is -1.63. The molecule has 1 aliphatic rings. The smallest absolute Gasteiger partial charge is 0.306 e. The van der Waals surface area contributed by atoms with Crippen molar-refractivity contribution in [2.45, 2.75) is 352 Å². The number of esters is 1. The van der Waals surface area contributed by atoms with Gasteiger partial charge in [-0.3, -0.25) is 9.59 Å². The Balaban J connectivity index is 2.60. The van der Waals surface area contributed by atoms with E-state index in [1.54, 1.807) is 6.08 Å². The molecule has 84 heavy (non-hydrogen) atoms. The molecular weight excluding hydrogens is 1050 g/mol. The van der Waals surface area contributed by atoms with Gasteiger partial charge in [-0.2, -0.15) is 0 Å². The van der Waals surface area contributed by atoms with Gasteiger partial charge in [-0.05, 0) is 96.3 Å². The van der Waals surface area contributed by atoms with Crippen molar-refractivity contribution in [2.75, 3.05) is 13.2 Å². The van der Waals surface area contributed by atoms with Crippen LogP contribution in [0.15, 0.2) is 85.1 Å². The van der Waals surface area contributed by atoms with Crippen molar-refractivity contribution >= 4 is 11.9 Å².